The predicted molar refractivity (Wildman–Crippen MR) is 192 cm³/mol. The van der Waals surface area contributed by atoms with Crippen LogP contribution in [0.25, 0.3) is 39.3 Å². The Kier molecular flexibility index (Phi) is 9.19. The number of rotatable bonds is 9. The third-order valence-corrected chi connectivity index (χ3v) is 10.0. The third kappa shape index (κ3) is 7.01. The van der Waals surface area contributed by atoms with Crippen LogP contribution in [0.1, 0.15) is 36.7 Å². The number of hydrogen-bond donors (Lipinski definition) is 2. The molecule has 2 aliphatic heterocycles. The topological polar surface area (TPSA) is 123 Å². The Labute approximate surface area is 286 Å². The molecule has 2 saturated heterocycles. The summed E-state index contributed by atoms with van der Waals surface area (Å²) in [7, 11) is 0. The van der Waals surface area contributed by atoms with Gasteiger partial charge in [-0.15, -0.1) is 0 Å². The number of fused-ring (bicyclic) bond motifs is 1. The SMILES string of the molecule is OCCN1CCN(c2ncc3cc(-c4ccccc4)c(C4=CCC(CN5CCC(c6nc(-c7ccccn7)n[nH]6)CC5)C=C4)nc3n2)CC1. The Morgan fingerprint density at radius 2 is 1.69 bits per heavy atom. The minimum atomic E-state index is 0.187. The van der Waals surface area contributed by atoms with Crippen molar-refractivity contribution in [2.24, 2.45) is 5.92 Å². The molecule has 49 heavy (non-hydrogen) atoms. The zero-order chi connectivity index (χ0) is 33.0. The van der Waals surface area contributed by atoms with Gasteiger partial charge in [0.2, 0.25) is 5.95 Å². The molecule has 8 rings (SSSR count). The van der Waals surface area contributed by atoms with Crippen LogP contribution in [0, 0.1) is 5.92 Å². The van der Waals surface area contributed by atoms with Gasteiger partial charge in [0.1, 0.15) is 11.5 Å². The number of hydrogen-bond acceptors (Lipinski definition) is 10. The number of allylic oxidation sites excluding steroid dienone is 3. The predicted octanol–water partition coefficient (Wildman–Crippen LogP) is 4.83. The number of anilines is 1. The van der Waals surface area contributed by atoms with Crippen molar-refractivity contribution in [1.29, 1.82) is 0 Å². The first kappa shape index (κ1) is 31.4. The van der Waals surface area contributed by atoms with E-state index in [2.05, 4.69) is 78.4 Å². The van der Waals surface area contributed by atoms with Crippen molar-refractivity contribution in [3.63, 3.8) is 0 Å². The number of piperidine rings is 1. The Hall–Kier alpha value is -4.84. The number of H-pyrrole nitrogens is 1. The molecule has 4 aromatic heterocycles. The summed E-state index contributed by atoms with van der Waals surface area (Å²) in [6, 6.07) is 18.5. The monoisotopic (exact) mass is 654 g/mol. The third-order valence-electron chi connectivity index (χ3n) is 10.0. The fourth-order valence-corrected chi connectivity index (χ4v) is 7.24. The van der Waals surface area contributed by atoms with Gasteiger partial charge in [-0.1, -0.05) is 54.6 Å². The molecule has 0 amide bonds. The van der Waals surface area contributed by atoms with Gasteiger partial charge in [0.25, 0.3) is 0 Å². The van der Waals surface area contributed by atoms with E-state index in [0.29, 0.717) is 24.2 Å². The lowest BCUT2D eigenvalue weighted by Gasteiger charge is -2.34. The Balaban J connectivity index is 0.948. The van der Waals surface area contributed by atoms with Crippen LogP contribution < -0.4 is 4.90 Å². The second kappa shape index (κ2) is 14.3. The van der Waals surface area contributed by atoms with E-state index in [9.17, 15) is 5.11 Å². The van der Waals surface area contributed by atoms with Gasteiger partial charge in [-0.05, 0) is 67.6 Å². The Bertz CT molecular complexity index is 1930. The summed E-state index contributed by atoms with van der Waals surface area (Å²) in [5, 5.41) is 17.9. The van der Waals surface area contributed by atoms with E-state index in [-0.39, 0.29) is 6.61 Å². The van der Waals surface area contributed by atoms with E-state index in [1.54, 1.807) is 6.20 Å². The van der Waals surface area contributed by atoms with E-state index in [1.807, 2.05) is 30.5 Å². The number of likely N-dealkylation sites (tertiary alicyclic amines) is 1. The number of aromatic nitrogens is 7. The van der Waals surface area contributed by atoms with Crippen LogP contribution in [0.4, 0.5) is 5.95 Å². The smallest absolute Gasteiger partial charge is 0.227 e. The van der Waals surface area contributed by atoms with Crippen LogP contribution in [0.2, 0.25) is 0 Å². The first-order valence-electron chi connectivity index (χ1n) is 17.5. The number of benzene rings is 1. The molecule has 1 aromatic carbocycles. The maximum absolute atomic E-state index is 9.31. The fraction of sp³-hybridized carbons (Fsp3) is 0.368. The van der Waals surface area contributed by atoms with E-state index >= 15 is 0 Å². The van der Waals surface area contributed by atoms with E-state index in [4.69, 9.17) is 19.9 Å². The molecule has 0 radical (unpaired) electrons. The maximum Gasteiger partial charge on any atom is 0.227 e. The first-order chi connectivity index (χ1) is 24.2. The lowest BCUT2D eigenvalue weighted by molar-refractivity contribution is 0.188. The molecule has 5 aromatic rings. The number of nitrogens with zero attached hydrogens (tertiary/aromatic N) is 9. The molecule has 11 nitrogen and oxygen atoms in total. The summed E-state index contributed by atoms with van der Waals surface area (Å²) in [5.41, 5.74) is 5.85. The Morgan fingerprint density at radius 1 is 0.857 bits per heavy atom. The van der Waals surface area contributed by atoms with Crippen molar-refractivity contribution >= 4 is 22.6 Å². The molecule has 2 fully saturated rings. The van der Waals surface area contributed by atoms with Gasteiger partial charge in [0.15, 0.2) is 11.5 Å². The van der Waals surface area contributed by atoms with E-state index in [0.717, 1.165) is 116 Å². The molecule has 1 unspecified atom stereocenters. The van der Waals surface area contributed by atoms with Crippen LogP contribution in [0.5, 0.6) is 0 Å². The minimum absolute atomic E-state index is 0.187. The molecular formula is C38H42N10O. The maximum atomic E-state index is 9.31. The standard InChI is InChI=1S/C38H42N10O/c49-23-22-46-18-20-48(21-19-46)38-40-25-31-24-32(28-6-2-1-3-7-28)34(41-35(31)43-38)29-11-9-27(10-12-29)26-47-16-13-30(14-17-47)36-42-37(45-44-36)33-8-4-5-15-39-33/h1-9,11-12,15,24-25,27,30,49H,10,13-14,16-23,26H2,(H,42,44,45). The highest BCUT2D eigenvalue weighted by molar-refractivity contribution is 5.90. The van der Waals surface area contributed by atoms with Crippen LogP contribution >= 0.6 is 0 Å². The van der Waals surface area contributed by atoms with Gasteiger partial charge < -0.3 is 14.9 Å². The van der Waals surface area contributed by atoms with Crippen molar-refractivity contribution in [1.82, 2.24) is 44.9 Å². The normalized spacial score (nSPS) is 19.4. The lowest BCUT2D eigenvalue weighted by Crippen LogP contribution is -2.47. The largest absolute Gasteiger partial charge is 0.395 e. The number of β-amino-alcohol motifs (C(OH)–C–C–N with tert-alkyl or cyclic N) is 1. The highest BCUT2D eigenvalue weighted by Crippen LogP contribution is 2.34. The van der Waals surface area contributed by atoms with Gasteiger partial charge in [0, 0.05) is 68.5 Å². The van der Waals surface area contributed by atoms with Crippen molar-refractivity contribution < 1.29 is 5.11 Å². The highest BCUT2D eigenvalue weighted by atomic mass is 16.3. The van der Waals surface area contributed by atoms with E-state index in [1.165, 1.54) is 0 Å². The van der Waals surface area contributed by atoms with Gasteiger partial charge >= 0.3 is 0 Å². The van der Waals surface area contributed by atoms with Crippen molar-refractivity contribution in [2.75, 3.05) is 63.9 Å². The molecule has 6 heterocycles. The molecule has 0 bridgehead atoms. The second-order valence-electron chi connectivity index (χ2n) is 13.2. The summed E-state index contributed by atoms with van der Waals surface area (Å²) in [4.78, 5) is 31.2. The van der Waals surface area contributed by atoms with E-state index < -0.39 is 0 Å². The second-order valence-corrected chi connectivity index (χ2v) is 13.2. The van der Waals surface area contributed by atoms with Crippen molar-refractivity contribution in [2.45, 2.75) is 25.2 Å². The first-order valence-corrected chi connectivity index (χ1v) is 17.5. The van der Waals surface area contributed by atoms with Crippen LogP contribution in [0.3, 0.4) is 0 Å². The number of pyridine rings is 2. The minimum Gasteiger partial charge on any atom is -0.395 e. The molecule has 2 N–H and O–H groups in total. The summed E-state index contributed by atoms with van der Waals surface area (Å²) in [6.07, 6.45) is 13.8. The summed E-state index contributed by atoms with van der Waals surface area (Å²) in [6.45, 7) is 7.48. The number of piperazine rings is 1. The Morgan fingerprint density at radius 3 is 2.45 bits per heavy atom. The van der Waals surface area contributed by atoms with Gasteiger partial charge in [-0.2, -0.15) is 10.1 Å². The molecule has 3 aliphatic rings. The highest BCUT2D eigenvalue weighted by Gasteiger charge is 2.26. The van der Waals surface area contributed by atoms with Gasteiger partial charge in [-0.25, -0.2) is 15.0 Å². The molecule has 0 saturated carbocycles. The quantitative estimate of drug-likeness (QED) is 0.229. The molecule has 1 atom stereocenters. The fourth-order valence-electron chi connectivity index (χ4n) is 7.24. The average molecular weight is 655 g/mol. The average Bonchev–Trinajstić information content (AvgIpc) is 3.67. The number of aromatic amines is 1. The van der Waals surface area contributed by atoms with Gasteiger partial charge in [-0.3, -0.25) is 15.0 Å². The summed E-state index contributed by atoms with van der Waals surface area (Å²) < 4.78 is 0. The van der Waals surface area contributed by atoms with Crippen LogP contribution in [-0.4, -0.2) is 109 Å². The number of nitrogens with one attached hydrogen (secondary N) is 1. The summed E-state index contributed by atoms with van der Waals surface area (Å²) in [5.74, 6) is 3.22. The zero-order valence-corrected chi connectivity index (χ0v) is 27.7. The number of aliphatic hydroxyl groups is 1. The van der Waals surface area contributed by atoms with Gasteiger partial charge in [0.05, 0.1) is 12.3 Å². The molecule has 250 valence electrons. The van der Waals surface area contributed by atoms with Crippen molar-refractivity contribution in [3.05, 3.63) is 96.7 Å². The lowest BCUT2D eigenvalue weighted by atomic mass is 9.90. The summed E-state index contributed by atoms with van der Waals surface area (Å²) >= 11 is 0. The molecule has 11 heteroatoms. The van der Waals surface area contributed by atoms with Crippen LogP contribution in [0.15, 0.2) is 85.2 Å². The number of aliphatic hydroxyl groups excluding tert-OH is 1. The molecule has 0 spiro atoms. The van der Waals surface area contributed by atoms with Crippen LogP contribution in [-0.2, 0) is 0 Å². The zero-order valence-electron chi connectivity index (χ0n) is 27.7. The van der Waals surface area contributed by atoms with Crippen molar-refractivity contribution in [3.8, 4) is 22.6 Å². The molecule has 1 aliphatic carbocycles. The molecular weight excluding hydrogens is 612 g/mol.